The first-order valence-corrected chi connectivity index (χ1v) is 6.20. The molecule has 1 aromatic rings. The molecule has 0 atom stereocenters. The van der Waals surface area contributed by atoms with Crippen molar-refractivity contribution in [2.45, 2.75) is 18.3 Å². The standard InChI is InChI=1S/C16H16O2/c1-2-8-16(9-4-3-5-10-16)13-6-7-14-15(11-13)18-12-17-14/h2,4-7,9-11H,1,3,8,12H2. The van der Waals surface area contributed by atoms with Gasteiger partial charge >= 0.3 is 0 Å². The predicted molar refractivity (Wildman–Crippen MR) is 72.0 cm³/mol. The number of rotatable bonds is 3. The molecule has 0 aromatic heterocycles. The zero-order valence-electron chi connectivity index (χ0n) is 10.3. The molecule has 2 aliphatic rings. The predicted octanol–water partition coefficient (Wildman–Crippen LogP) is 3.75. The number of hydrogen-bond donors (Lipinski definition) is 0. The second kappa shape index (κ2) is 4.37. The van der Waals surface area contributed by atoms with Crippen molar-refractivity contribution in [3.63, 3.8) is 0 Å². The molecule has 0 radical (unpaired) electrons. The van der Waals surface area contributed by atoms with Crippen molar-refractivity contribution in [3.05, 3.63) is 60.7 Å². The van der Waals surface area contributed by atoms with E-state index < -0.39 is 0 Å². The van der Waals surface area contributed by atoms with E-state index in [1.807, 2.05) is 12.1 Å². The van der Waals surface area contributed by atoms with Crippen LogP contribution in [0.4, 0.5) is 0 Å². The van der Waals surface area contributed by atoms with E-state index in [4.69, 9.17) is 9.47 Å². The first-order chi connectivity index (χ1) is 8.84. The van der Waals surface area contributed by atoms with Gasteiger partial charge in [-0.05, 0) is 30.5 Å². The zero-order valence-corrected chi connectivity index (χ0v) is 10.3. The molecule has 0 spiro atoms. The number of allylic oxidation sites excluding steroid dienone is 5. The molecule has 1 aromatic carbocycles. The quantitative estimate of drug-likeness (QED) is 0.749. The number of fused-ring (bicyclic) bond motifs is 1. The fourth-order valence-electron chi connectivity index (χ4n) is 2.56. The van der Waals surface area contributed by atoms with Gasteiger partial charge in [0.1, 0.15) is 0 Å². The average molecular weight is 240 g/mol. The van der Waals surface area contributed by atoms with E-state index in [9.17, 15) is 0 Å². The lowest BCUT2D eigenvalue weighted by atomic mass is 9.75. The first-order valence-electron chi connectivity index (χ1n) is 6.20. The van der Waals surface area contributed by atoms with Crippen molar-refractivity contribution >= 4 is 0 Å². The van der Waals surface area contributed by atoms with Gasteiger partial charge in [-0.25, -0.2) is 0 Å². The van der Waals surface area contributed by atoms with Gasteiger partial charge in [-0.2, -0.15) is 0 Å². The molecule has 2 nitrogen and oxygen atoms in total. The van der Waals surface area contributed by atoms with E-state index >= 15 is 0 Å². The molecule has 1 heterocycles. The van der Waals surface area contributed by atoms with Gasteiger partial charge in [-0.1, -0.05) is 36.4 Å². The van der Waals surface area contributed by atoms with Crippen molar-refractivity contribution in [2.24, 2.45) is 0 Å². The van der Waals surface area contributed by atoms with Crippen molar-refractivity contribution in [1.29, 1.82) is 0 Å². The number of benzene rings is 1. The van der Waals surface area contributed by atoms with E-state index in [0.717, 1.165) is 24.3 Å². The minimum absolute atomic E-state index is 0.0824. The maximum absolute atomic E-state index is 5.46. The third-order valence-electron chi connectivity index (χ3n) is 3.49. The first kappa shape index (κ1) is 11.1. The fourth-order valence-corrected chi connectivity index (χ4v) is 2.56. The summed E-state index contributed by atoms with van der Waals surface area (Å²) in [5.74, 6) is 1.67. The highest BCUT2D eigenvalue weighted by Crippen LogP contribution is 2.40. The maximum Gasteiger partial charge on any atom is 0.231 e. The average Bonchev–Trinajstić information content (AvgIpc) is 2.87. The summed E-state index contributed by atoms with van der Waals surface area (Å²) in [5.41, 5.74) is 1.14. The van der Waals surface area contributed by atoms with Gasteiger partial charge < -0.3 is 9.47 Å². The summed E-state index contributed by atoms with van der Waals surface area (Å²) in [6, 6.07) is 6.17. The molecule has 18 heavy (non-hydrogen) atoms. The highest BCUT2D eigenvalue weighted by Gasteiger charge is 2.28. The lowest BCUT2D eigenvalue weighted by Gasteiger charge is -2.29. The van der Waals surface area contributed by atoms with Crippen LogP contribution in [0.1, 0.15) is 18.4 Å². The van der Waals surface area contributed by atoms with Gasteiger partial charge in [0, 0.05) is 5.41 Å². The molecule has 0 unspecified atom stereocenters. The largest absolute Gasteiger partial charge is 0.454 e. The molecule has 3 rings (SSSR count). The van der Waals surface area contributed by atoms with Gasteiger partial charge in [0.25, 0.3) is 0 Å². The minimum atomic E-state index is -0.0824. The van der Waals surface area contributed by atoms with Gasteiger partial charge in [0.05, 0.1) is 0 Å². The van der Waals surface area contributed by atoms with Crippen molar-refractivity contribution in [3.8, 4) is 11.5 Å². The topological polar surface area (TPSA) is 18.5 Å². The number of ether oxygens (including phenoxy) is 2. The van der Waals surface area contributed by atoms with Crippen LogP contribution >= 0.6 is 0 Å². The lowest BCUT2D eigenvalue weighted by molar-refractivity contribution is 0.174. The summed E-state index contributed by atoms with van der Waals surface area (Å²) in [5, 5.41) is 0. The molecule has 0 amide bonds. The molecular formula is C16H16O2. The van der Waals surface area contributed by atoms with Crippen LogP contribution in [0.5, 0.6) is 11.5 Å². The van der Waals surface area contributed by atoms with Crippen LogP contribution in [-0.4, -0.2) is 6.79 Å². The summed E-state index contributed by atoms with van der Waals surface area (Å²) in [6.07, 6.45) is 12.8. The Morgan fingerprint density at radius 2 is 1.94 bits per heavy atom. The highest BCUT2D eigenvalue weighted by molar-refractivity contribution is 5.50. The van der Waals surface area contributed by atoms with Crippen molar-refractivity contribution < 1.29 is 9.47 Å². The minimum Gasteiger partial charge on any atom is -0.454 e. The van der Waals surface area contributed by atoms with Crippen LogP contribution in [0, 0.1) is 0 Å². The lowest BCUT2D eigenvalue weighted by Crippen LogP contribution is -2.21. The van der Waals surface area contributed by atoms with Crippen LogP contribution in [0.2, 0.25) is 0 Å². The van der Waals surface area contributed by atoms with Gasteiger partial charge in [0.15, 0.2) is 11.5 Å². The van der Waals surface area contributed by atoms with E-state index in [1.54, 1.807) is 0 Å². The Morgan fingerprint density at radius 1 is 1.17 bits per heavy atom. The number of hydrogen-bond acceptors (Lipinski definition) is 2. The monoisotopic (exact) mass is 240 g/mol. The molecule has 0 fully saturated rings. The highest BCUT2D eigenvalue weighted by atomic mass is 16.7. The molecular weight excluding hydrogens is 224 g/mol. The van der Waals surface area contributed by atoms with E-state index in [1.165, 1.54) is 5.56 Å². The normalized spacial score (nSPS) is 18.9. The van der Waals surface area contributed by atoms with E-state index in [-0.39, 0.29) is 5.41 Å². The van der Waals surface area contributed by atoms with Gasteiger partial charge in [-0.3, -0.25) is 0 Å². The third-order valence-corrected chi connectivity index (χ3v) is 3.49. The Kier molecular flexibility index (Phi) is 2.71. The van der Waals surface area contributed by atoms with Crippen LogP contribution in [-0.2, 0) is 5.41 Å². The molecule has 1 aliphatic heterocycles. The third kappa shape index (κ3) is 1.74. The fraction of sp³-hybridized carbons (Fsp3) is 0.250. The van der Waals surface area contributed by atoms with Crippen LogP contribution in [0.25, 0.3) is 0 Å². The summed E-state index contributed by atoms with van der Waals surface area (Å²) in [4.78, 5) is 0. The maximum atomic E-state index is 5.46. The summed E-state index contributed by atoms with van der Waals surface area (Å²) >= 11 is 0. The van der Waals surface area contributed by atoms with Crippen molar-refractivity contribution in [1.82, 2.24) is 0 Å². The Balaban J connectivity index is 2.05. The zero-order chi connectivity index (χ0) is 12.4. The van der Waals surface area contributed by atoms with Crippen LogP contribution in [0.15, 0.2) is 55.2 Å². The van der Waals surface area contributed by atoms with Gasteiger partial charge in [0.2, 0.25) is 6.79 Å². The smallest absolute Gasteiger partial charge is 0.231 e. The molecule has 2 heteroatoms. The Labute approximate surface area is 107 Å². The molecule has 1 aliphatic carbocycles. The van der Waals surface area contributed by atoms with Crippen LogP contribution < -0.4 is 9.47 Å². The SMILES string of the molecule is C=CCC1(c2ccc3c(c2)OCO3)C=CCC=C1. The summed E-state index contributed by atoms with van der Waals surface area (Å²) < 4.78 is 10.8. The second-order valence-corrected chi connectivity index (χ2v) is 4.64. The van der Waals surface area contributed by atoms with E-state index in [0.29, 0.717) is 6.79 Å². The second-order valence-electron chi connectivity index (χ2n) is 4.64. The molecule has 0 saturated heterocycles. The van der Waals surface area contributed by atoms with Gasteiger partial charge in [-0.15, -0.1) is 6.58 Å². The molecule has 0 saturated carbocycles. The Hall–Kier alpha value is -1.96. The van der Waals surface area contributed by atoms with E-state index in [2.05, 4.69) is 43.0 Å². The Morgan fingerprint density at radius 3 is 2.72 bits per heavy atom. The Bertz CT molecular complexity index is 514. The molecule has 0 bridgehead atoms. The summed E-state index contributed by atoms with van der Waals surface area (Å²) in [7, 11) is 0. The molecule has 0 N–H and O–H groups in total. The molecule has 92 valence electrons. The van der Waals surface area contributed by atoms with Crippen LogP contribution in [0.3, 0.4) is 0 Å². The van der Waals surface area contributed by atoms with Crippen molar-refractivity contribution in [2.75, 3.05) is 6.79 Å². The summed E-state index contributed by atoms with van der Waals surface area (Å²) in [6.45, 7) is 4.19.